The van der Waals surface area contributed by atoms with Crippen LogP contribution in [0, 0.1) is 0 Å². The van der Waals surface area contributed by atoms with Gasteiger partial charge < -0.3 is 9.40 Å². The third-order valence-electron chi connectivity index (χ3n) is 2.92. The Bertz CT molecular complexity index is 573. The summed E-state index contributed by atoms with van der Waals surface area (Å²) in [6, 6.07) is 8.51. The molecular formula is C12H11BrN2O. The molecule has 0 fully saturated rings. The van der Waals surface area contributed by atoms with Gasteiger partial charge in [-0.1, -0.05) is 17.3 Å². The zero-order valence-electron chi connectivity index (χ0n) is 8.85. The van der Waals surface area contributed by atoms with Crippen LogP contribution in [0.15, 0.2) is 35.6 Å². The molecule has 4 heteroatoms. The lowest BCUT2D eigenvalue weighted by molar-refractivity contribution is 0.0858. The number of aryl methyl sites for hydroxylation is 1. The largest absolute Gasteiger partial charge is 0.386 e. The van der Waals surface area contributed by atoms with Crippen LogP contribution in [0.4, 0.5) is 0 Å². The van der Waals surface area contributed by atoms with E-state index in [1.807, 2.05) is 7.05 Å². The third-order valence-corrected chi connectivity index (χ3v) is 3.39. The maximum Gasteiger partial charge on any atom is 0.158 e. The van der Waals surface area contributed by atoms with Gasteiger partial charge in [-0.3, -0.25) is 0 Å². The molecule has 0 saturated carbocycles. The van der Waals surface area contributed by atoms with E-state index in [2.05, 4.69) is 56.1 Å². The number of fused-ring (bicyclic) bond motifs is 1. The Balaban J connectivity index is 2.02. The lowest BCUT2D eigenvalue weighted by Crippen LogP contribution is -1.97. The van der Waals surface area contributed by atoms with Crippen molar-refractivity contribution in [3.63, 3.8) is 0 Å². The van der Waals surface area contributed by atoms with Crippen LogP contribution in [-0.2, 0) is 11.9 Å². The van der Waals surface area contributed by atoms with E-state index < -0.39 is 0 Å². The van der Waals surface area contributed by atoms with Crippen molar-refractivity contribution in [1.82, 2.24) is 4.57 Å². The van der Waals surface area contributed by atoms with Crippen LogP contribution in [0.3, 0.4) is 0 Å². The highest BCUT2D eigenvalue weighted by Crippen LogP contribution is 2.30. The summed E-state index contributed by atoms with van der Waals surface area (Å²) in [5.74, 6) is 0. The first-order valence-electron chi connectivity index (χ1n) is 5.17. The highest BCUT2D eigenvalue weighted by atomic mass is 79.9. The molecule has 3 nitrogen and oxygen atoms in total. The zero-order chi connectivity index (χ0) is 11.1. The summed E-state index contributed by atoms with van der Waals surface area (Å²) in [5.41, 5.74) is 2.40. The van der Waals surface area contributed by atoms with Gasteiger partial charge in [0.2, 0.25) is 0 Å². The third kappa shape index (κ3) is 1.53. The number of hydrogen-bond donors (Lipinski definition) is 0. The van der Waals surface area contributed by atoms with Crippen LogP contribution in [0.25, 0.3) is 10.9 Å². The van der Waals surface area contributed by atoms with Crippen molar-refractivity contribution < 1.29 is 4.84 Å². The van der Waals surface area contributed by atoms with Crippen LogP contribution in [0.5, 0.6) is 0 Å². The summed E-state index contributed by atoms with van der Waals surface area (Å²) in [7, 11) is 2.05. The Kier molecular flexibility index (Phi) is 2.24. The van der Waals surface area contributed by atoms with E-state index in [0.717, 1.165) is 11.0 Å². The number of benzene rings is 1. The molecule has 0 aliphatic carbocycles. The van der Waals surface area contributed by atoms with Crippen LogP contribution in [0.2, 0.25) is 0 Å². The lowest BCUT2D eigenvalue weighted by atomic mass is 10.1. The van der Waals surface area contributed by atoms with E-state index in [4.69, 9.17) is 4.84 Å². The molecule has 1 atom stereocenters. The van der Waals surface area contributed by atoms with Gasteiger partial charge in [-0.25, -0.2) is 0 Å². The molecule has 16 heavy (non-hydrogen) atoms. The fourth-order valence-electron chi connectivity index (χ4n) is 2.01. The Morgan fingerprint density at radius 1 is 1.44 bits per heavy atom. The van der Waals surface area contributed by atoms with Crippen molar-refractivity contribution in [2.75, 3.05) is 0 Å². The quantitative estimate of drug-likeness (QED) is 0.786. The molecule has 1 aliphatic rings. The fourth-order valence-corrected chi connectivity index (χ4v) is 2.38. The first-order chi connectivity index (χ1) is 7.74. The minimum Gasteiger partial charge on any atom is -0.386 e. The molecular weight excluding hydrogens is 268 g/mol. The lowest BCUT2D eigenvalue weighted by Gasteiger charge is -2.08. The predicted molar refractivity (Wildman–Crippen MR) is 67.7 cm³/mol. The number of rotatable bonds is 1. The smallest absolute Gasteiger partial charge is 0.158 e. The topological polar surface area (TPSA) is 26.5 Å². The number of oxime groups is 1. The molecule has 0 N–H and O–H groups in total. The van der Waals surface area contributed by atoms with Crippen molar-refractivity contribution in [3.05, 3.63) is 36.0 Å². The Morgan fingerprint density at radius 2 is 2.31 bits per heavy atom. The maximum absolute atomic E-state index is 5.35. The highest BCUT2D eigenvalue weighted by Gasteiger charge is 2.21. The van der Waals surface area contributed by atoms with E-state index in [1.165, 1.54) is 16.5 Å². The van der Waals surface area contributed by atoms with E-state index in [-0.39, 0.29) is 6.10 Å². The summed E-state index contributed by atoms with van der Waals surface area (Å²) in [5, 5.41) is 5.16. The summed E-state index contributed by atoms with van der Waals surface area (Å²) in [6.07, 6.45) is 2.93. The average molecular weight is 279 g/mol. The zero-order valence-corrected chi connectivity index (χ0v) is 10.4. The van der Waals surface area contributed by atoms with Crippen LogP contribution >= 0.6 is 15.9 Å². The normalized spacial score (nSPS) is 19.9. The number of aromatic nitrogens is 1. The van der Waals surface area contributed by atoms with E-state index in [9.17, 15) is 0 Å². The highest BCUT2D eigenvalue weighted by molar-refractivity contribution is 9.18. The van der Waals surface area contributed by atoms with Crippen LogP contribution in [-0.4, -0.2) is 9.19 Å². The summed E-state index contributed by atoms with van der Waals surface area (Å²) >= 11 is 3.35. The molecule has 1 aromatic heterocycles. The summed E-state index contributed by atoms with van der Waals surface area (Å²) < 4.78 is 2.99. The molecule has 3 rings (SSSR count). The molecule has 82 valence electrons. The van der Waals surface area contributed by atoms with Gasteiger partial charge in [0.1, 0.15) is 4.62 Å². The van der Waals surface area contributed by atoms with Gasteiger partial charge in [-0.15, -0.1) is 0 Å². The first kappa shape index (κ1) is 9.90. The molecule has 2 aromatic rings. The molecule has 0 radical (unpaired) electrons. The minimum atomic E-state index is 0.0497. The molecule has 0 spiro atoms. The minimum absolute atomic E-state index is 0.0497. The number of nitrogens with zero attached hydrogens (tertiary/aromatic N) is 2. The van der Waals surface area contributed by atoms with Crippen molar-refractivity contribution >= 4 is 31.5 Å². The molecule has 0 bridgehead atoms. The Hall–Kier alpha value is -1.29. The first-order valence-corrected chi connectivity index (χ1v) is 5.96. The maximum atomic E-state index is 5.35. The van der Waals surface area contributed by atoms with Gasteiger partial charge in [-0.2, -0.15) is 0 Å². The van der Waals surface area contributed by atoms with E-state index >= 15 is 0 Å². The van der Waals surface area contributed by atoms with Gasteiger partial charge in [0, 0.05) is 25.2 Å². The van der Waals surface area contributed by atoms with Gasteiger partial charge in [0.05, 0.1) is 0 Å². The van der Waals surface area contributed by atoms with Crippen molar-refractivity contribution in [1.29, 1.82) is 0 Å². The summed E-state index contributed by atoms with van der Waals surface area (Å²) in [4.78, 5) is 5.35. The second-order valence-electron chi connectivity index (χ2n) is 4.01. The van der Waals surface area contributed by atoms with Crippen molar-refractivity contribution in [2.45, 2.75) is 12.5 Å². The summed E-state index contributed by atoms with van der Waals surface area (Å²) in [6.45, 7) is 0. The predicted octanol–water partition coefficient (Wildman–Crippen LogP) is 3.35. The fraction of sp³-hybridized carbons (Fsp3) is 0.250. The van der Waals surface area contributed by atoms with Gasteiger partial charge in [0.25, 0.3) is 0 Å². The van der Waals surface area contributed by atoms with Crippen molar-refractivity contribution in [3.8, 4) is 0 Å². The molecule has 1 aromatic carbocycles. The average Bonchev–Trinajstić information content (AvgIpc) is 2.86. The SMILES string of the molecule is Cn1ccc2ccc(C3CC(Br)=NO3)cc21. The number of hydrogen-bond acceptors (Lipinski definition) is 2. The monoisotopic (exact) mass is 278 g/mol. The molecule has 1 unspecified atom stereocenters. The Labute approximate surface area is 102 Å². The molecule has 0 amide bonds. The van der Waals surface area contributed by atoms with E-state index in [0.29, 0.717) is 0 Å². The van der Waals surface area contributed by atoms with Crippen molar-refractivity contribution in [2.24, 2.45) is 12.2 Å². The van der Waals surface area contributed by atoms with Crippen LogP contribution in [0.1, 0.15) is 18.1 Å². The van der Waals surface area contributed by atoms with Gasteiger partial charge in [-0.05, 0) is 39.0 Å². The molecule has 1 aliphatic heterocycles. The Morgan fingerprint density at radius 3 is 3.06 bits per heavy atom. The number of halogens is 1. The van der Waals surface area contributed by atoms with Gasteiger partial charge >= 0.3 is 0 Å². The standard InChI is InChI=1S/C12H11BrN2O/c1-15-5-4-8-2-3-9(6-10(8)15)11-7-12(13)14-16-11/h2-6,11H,7H2,1H3. The van der Waals surface area contributed by atoms with Crippen LogP contribution < -0.4 is 0 Å². The second kappa shape index (κ2) is 3.63. The molecule has 0 saturated heterocycles. The van der Waals surface area contributed by atoms with E-state index in [1.54, 1.807) is 0 Å². The second-order valence-corrected chi connectivity index (χ2v) is 4.93. The van der Waals surface area contributed by atoms with Gasteiger partial charge in [0.15, 0.2) is 6.10 Å². The molecule has 2 heterocycles.